The Balaban J connectivity index is 2.17. The van der Waals surface area contributed by atoms with Gasteiger partial charge in [-0.3, -0.25) is 9.78 Å². The van der Waals surface area contributed by atoms with Gasteiger partial charge >= 0.3 is 5.97 Å². The number of hydrogen-bond donors (Lipinski definition) is 2. The van der Waals surface area contributed by atoms with Crippen molar-refractivity contribution in [2.45, 2.75) is 6.92 Å². The Morgan fingerprint density at radius 2 is 2.05 bits per heavy atom. The van der Waals surface area contributed by atoms with Crippen molar-refractivity contribution in [2.24, 2.45) is 0 Å². The van der Waals surface area contributed by atoms with Gasteiger partial charge in [0.1, 0.15) is 0 Å². The molecular weight excluding hydrogens is 268 g/mol. The lowest BCUT2D eigenvalue weighted by atomic mass is 10.1. The molecule has 0 atom stereocenters. The summed E-state index contributed by atoms with van der Waals surface area (Å²) < 4.78 is 0. The number of carbonyl (C=O) groups is 2. The second-order valence-electron chi connectivity index (χ2n) is 4.39. The number of pyridine rings is 1. The van der Waals surface area contributed by atoms with Crippen molar-refractivity contribution in [3.8, 4) is 0 Å². The first kappa shape index (κ1) is 14.5. The van der Waals surface area contributed by atoms with Crippen LogP contribution in [0.2, 0.25) is 0 Å². The fourth-order valence-electron chi connectivity index (χ4n) is 1.81. The molecule has 2 rings (SSSR count). The minimum Gasteiger partial charge on any atom is -0.478 e. The third kappa shape index (κ3) is 4.01. The van der Waals surface area contributed by atoms with Crippen LogP contribution in [0.5, 0.6) is 0 Å². The molecule has 0 bridgehead atoms. The standard InChI is InChI=1S/C16H14N2O3/c1-11-14(6-3-9-17-11)16(21)18-13-5-2-4-12(10-13)7-8-15(19)20/h2-10H,1H3,(H,18,21)(H,19,20)/b8-7+. The van der Waals surface area contributed by atoms with E-state index in [2.05, 4.69) is 10.3 Å². The number of carbonyl (C=O) groups excluding carboxylic acids is 1. The second kappa shape index (κ2) is 6.47. The zero-order valence-corrected chi connectivity index (χ0v) is 11.4. The first-order valence-corrected chi connectivity index (χ1v) is 6.30. The SMILES string of the molecule is Cc1ncccc1C(=O)Nc1cccc(/C=C/C(=O)O)c1. The monoisotopic (exact) mass is 282 g/mol. The highest BCUT2D eigenvalue weighted by molar-refractivity contribution is 6.05. The lowest BCUT2D eigenvalue weighted by Crippen LogP contribution is -2.13. The third-order valence-electron chi connectivity index (χ3n) is 2.81. The highest BCUT2D eigenvalue weighted by atomic mass is 16.4. The molecule has 1 aromatic carbocycles. The second-order valence-corrected chi connectivity index (χ2v) is 4.39. The van der Waals surface area contributed by atoms with E-state index in [-0.39, 0.29) is 5.91 Å². The average molecular weight is 282 g/mol. The number of carboxylic acids is 1. The Labute approximate surface area is 122 Å². The molecular formula is C16H14N2O3. The number of aryl methyl sites for hydroxylation is 1. The lowest BCUT2D eigenvalue weighted by Gasteiger charge is -2.07. The third-order valence-corrected chi connectivity index (χ3v) is 2.81. The van der Waals surface area contributed by atoms with Gasteiger partial charge < -0.3 is 10.4 Å². The summed E-state index contributed by atoms with van der Waals surface area (Å²) in [5.74, 6) is -1.27. The van der Waals surface area contributed by atoms with E-state index in [1.54, 1.807) is 49.5 Å². The number of amides is 1. The topological polar surface area (TPSA) is 79.3 Å². The average Bonchev–Trinajstić information content (AvgIpc) is 2.46. The molecule has 0 aliphatic carbocycles. The van der Waals surface area contributed by atoms with Gasteiger partial charge in [-0.25, -0.2) is 4.79 Å². The summed E-state index contributed by atoms with van der Waals surface area (Å²) in [6.07, 6.45) is 4.14. The molecule has 0 saturated heterocycles. The molecule has 1 heterocycles. The van der Waals surface area contributed by atoms with Gasteiger partial charge in [-0.2, -0.15) is 0 Å². The van der Waals surface area contributed by atoms with E-state index in [1.165, 1.54) is 6.08 Å². The number of aliphatic carboxylic acids is 1. The largest absolute Gasteiger partial charge is 0.478 e. The molecule has 5 nitrogen and oxygen atoms in total. The predicted octanol–water partition coefficient (Wildman–Crippen LogP) is 2.74. The van der Waals surface area contributed by atoms with E-state index in [0.29, 0.717) is 22.5 Å². The van der Waals surface area contributed by atoms with Crippen molar-refractivity contribution < 1.29 is 14.7 Å². The summed E-state index contributed by atoms with van der Waals surface area (Å²) >= 11 is 0. The first-order valence-electron chi connectivity index (χ1n) is 6.30. The van der Waals surface area contributed by atoms with Crippen LogP contribution >= 0.6 is 0 Å². The van der Waals surface area contributed by atoms with Gasteiger partial charge in [0.05, 0.1) is 5.56 Å². The maximum absolute atomic E-state index is 12.1. The molecule has 21 heavy (non-hydrogen) atoms. The quantitative estimate of drug-likeness (QED) is 0.845. The predicted molar refractivity (Wildman–Crippen MR) is 80.0 cm³/mol. The first-order chi connectivity index (χ1) is 10.1. The summed E-state index contributed by atoms with van der Waals surface area (Å²) in [7, 11) is 0. The van der Waals surface area contributed by atoms with Gasteiger partial charge in [-0.1, -0.05) is 12.1 Å². The van der Waals surface area contributed by atoms with Crippen molar-refractivity contribution in [3.05, 3.63) is 65.5 Å². The van der Waals surface area contributed by atoms with Crippen LogP contribution in [0.15, 0.2) is 48.7 Å². The van der Waals surface area contributed by atoms with Gasteiger partial charge in [-0.15, -0.1) is 0 Å². The molecule has 0 fully saturated rings. The molecule has 1 aromatic heterocycles. The van der Waals surface area contributed by atoms with Crippen LogP contribution in [-0.4, -0.2) is 22.0 Å². The number of aromatic nitrogens is 1. The van der Waals surface area contributed by atoms with Crippen molar-refractivity contribution in [1.29, 1.82) is 0 Å². The van der Waals surface area contributed by atoms with E-state index in [0.717, 1.165) is 6.08 Å². The zero-order valence-electron chi connectivity index (χ0n) is 11.4. The minimum atomic E-state index is -1.02. The molecule has 0 saturated carbocycles. The summed E-state index contributed by atoms with van der Waals surface area (Å²) in [5.41, 5.74) is 2.44. The maximum atomic E-state index is 12.1. The number of carboxylic acid groups (broad SMARTS) is 1. The van der Waals surface area contributed by atoms with Crippen LogP contribution in [0, 0.1) is 6.92 Å². The van der Waals surface area contributed by atoms with Crippen molar-refractivity contribution in [3.63, 3.8) is 0 Å². The Morgan fingerprint density at radius 1 is 1.24 bits per heavy atom. The zero-order chi connectivity index (χ0) is 15.2. The van der Waals surface area contributed by atoms with Crippen molar-refractivity contribution >= 4 is 23.6 Å². The van der Waals surface area contributed by atoms with Gasteiger partial charge in [0, 0.05) is 23.7 Å². The summed E-state index contributed by atoms with van der Waals surface area (Å²) in [6.45, 7) is 1.76. The number of hydrogen-bond acceptors (Lipinski definition) is 3. The van der Waals surface area contributed by atoms with Gasteiger partial charge in [0.2, 0.25) is 0 Å². The molecule has 0 aliphatic rings. The van der Waals surface area contributed by atoms with Gasteiger partial charge in [-0.05, 0) is 42.8 Å². The minimum absolute atomic E-state index is 0.250. The van der Waals surface area contributed by atoms with Gasteiger partial charge in [0.15, 0.2) is 0 Å². The van der Waals surface area contributed by atoms with E-state index in [1.807, 2.05) is 0 Å². The number of rotatable bonds is 4. The molecule has 0 spiro atoms. The Morgan fingerprint density at radius 3 is 2.76 bits per heavy atom. The summed E-state index contributed by atoms with van der Waals surface area (Å²) in [6, 6.07) is 10.3. The van der Waals surface area contributed by atoms with E-state index < -0.39 is 5.97 Å². The molecule has 0 unspecified atom stereocenters. The smallest absolute Gasteiger partial charge is 0.328 e. The lowest BCUT2D eigenvalue weighted by molar-refractivity contribution is -0.131. The fraction of sp³-hybridized carbons (Fsp3) is 0.0625. The number of benzene rings is 1. The summed E-state index contributed by atoms with van der Waals surface area (Å²) in [4.78, 5) is 26.7. The fourth-order valence-corrected chi connectivity index (χ4v) is 1.81. The van der Waals surface area contributed by atoms with Gasteiger partial charge in [0.25, 0.3) is 5.91 Å². The number of nitrogens with one attached hydrogen (secondary N) is 1. The van der Waals surface area contributed by atoms with Crippen LogP contribution in [0.1, 0.15) is 21.6 Å². The molecule has 2 aromatic rings. The molecule has 5 heteroatoms. The number of nitrogens with zero attached hydrogens (tertiary/aromatic N) is 1. The Bertz CT molecular complexity index is 708. The van der Waals surface area contributed by atoms with Crippen molar-refractivity contribution in [1.82, 2.24) is 4.98 Å². The molecule has 2 N–H and O–H groups in total. The molecule has 0 aliphatic heterocycles. The van der Waals surface area contributed by atoms with Crippen LogP contribution in [0.25, 0.3) is 6.08 Å². The molecule has 1 amide bonds. The molecule has 106 valence electrons. The Kier molecular flexibility index (Phi) is 4.46. The summed E-state index contributed by atoms with van der Waals surface area (Å²) in [5, 5.41) is 11.4. The van der Waals surface area contributed by atoms with Crippen LogP contribution in [0.3, 0.4) is 0 Å². The normalized spacial score (nSPS) is 10.5. The molecule has 0 radical (unpaired) electrons. The van der Waals surface area contributed by atoms with Crippen molar-refractivity contribution in [2.75, 3.05) is 5.32 Å². The highest BCUT2D eigenvalue weighted by Crippen LogP contribution is 2.14. The Hall–Kier alpha value is -2.95. The van der Waals surface area contributed by atoms with Crippen LogP contribution in [0.4, 0.5) is 5.69 Å². The highest BCUT2D eigenvalue weighted by Gasteiger charge is 2.09. The number of anilines is 1. The van der Waals surface area contributed by atoms with E-state index in [4.69, 9.17) is 5.11 Å². The van der Waals surface area contributed by atoms with Crippen LogP contribution < -0.4 is 5.32 Å². The maximum Gasteiger partial charge on any atom is 0.328 e. The van der Waals surface area contributed by atoms with Crippen LogP contribution in [-0.2, 0) is 4.79 Å². The van der Waals surface area contributed by atoms with E-state index >= 15 is 0 Å². The van der Waals surface area contributed by atoms with E-state index in [9.17, 15) is 9.59 Å².